The molecule has 0 radical (unpaired) electrons. The molecule has 4 aromatic rings. The first-order chi connectivity index (χ1) is 14.6. The number of hydrogen-bond donors (Lipinski definition) is 1. The molecular weight excluding hydrogens is 400 g/mol. The van der Waals surface area contributed by atoms with E-state index < -0.39 is 6.10 Å². The van der Waals surface area contributed by atoms with Gasteiger partial charge in [-0.2, -0.15) is 0 Å². The fraction of sp³-hybridized carbons (Fsp3) is 0.208. The number of para-hydroxylation sites is 2. The Morgan fingerprint density at radius 2 is 1.60 bits per heavy atom. The van der Waals surface area contributed by atoms with E-state index in [0.717, 1.165) is 28.2 Å². The molecular formula is C24H23ClN2O3. The second kappa shape index (κ2) is 9.20. The van der Waals surface area contributed by atoms with Gasteiger partial charge in [0.05, 0.1) is 17.6 Å². The monoisotopic (exact) mass is 422 g/mol. The Balaban J connectivity index is 1.47. The van der Waals surface area contributed by atoms with E-state index in [1.165, 1.54) is 0 Å². The molecule has 0 amide bonds. The van der Waals surface area contributed by atoms with E-state index >= 15 is 0 Å². The van der Waals surface area contributed by atoms with Crippen LogP contribution < -0.4 is 9.47 Å². The standard InChI is InChI=1S/C24H23ClN2O3/c1-17-6-10-20(11-7-17)29-15-19(28)14-27-23-5-3-2-4-22(23)26-24(27)16-30-21-12-8-18(25)9-13-21/h2-13,19,28H,14-16H2,1H3. The van der Waals surface area contributed by atoms with Crippen LogP contribution in [0.3, 0.4) is 0 Å². The Morgan fingerprint density at radius 3 is 2.37 bits per heavy atom. The van der Waals surface area contributed by atoms with Crippen molar-refractivity contribution in [1.82, 2.24) is 9.55 Å². The summed E-state index contributed by atoms with van der Waals surface area (Å²) >= 11 is 5.93. The summed E-state index contributed by atoms with van der Waals surface area (Å²) in [6.45, 7) is 2.84. The van der Waals surface area contributed by atoms with Crippen LogP contribution in [0, 0.1) is 6.92 Å². The molecule has 1 aromatic heterocycles. The smallest absolute Gasteiger partial charge is 0.148 e. The molecule has 6 heteroatoms. The largest absolute Gasteiger partial charge is 0.491 e. The summed E-state index contributed by atoms with van der Waals surface area (Å²) in [7, 11) is 0. The zero-order chi connectivity index (χ0) is 20.9. The topological polar surface area (TPSA) is 56.5 Å². The summed E-state index contributed by atoms with van der Waals surface area (Å²) in [5.74, 6) is 2.18. The summed E-state index contributed by atoms with van der Waals surface area (Å²) < 4.78 is 13.6. The lowest BCUT2D eigenvalue weighted by Crippen LogP contribution is -2.25. The Kier molecular flexibility index (Phi) is 6.21. The van der Waals surface area contributed by atoms with Crippen LogP contribution in [0.25, 0.3) is 11.0 Å². The predicted molar refractivity (Wildman–Crippen MR) is 118 cm³/mol. The van der Waals surface area contributed by atoms with Gasteiger partial charge in [0.15, 0.2) is 0 Å². The third-order valence-corrected chi connectivity index (χ3v) is 5.02. The van der Waals surface area contributed by atoms with Crippen molar-refractivity contribution in [3.8, 4) is 11.5 Å². The van der Waals surface area contributed by atoms with E-state index in [9.17, 15) is 5.11 Å². The van der Waals surface area contributed by atoms with Crippen LogP contribution in [-0.4, -0.2) is 27.4 Å². The van der Waals surface area contributed by atoms with E-state index in [1.54, 1.807) is 12.1 Å². The lowest BCUT2D eigenvalue weighted by molar-refractivity contribution is 0.0917. The maximum atomic E-state index is 10.6. The average Bonchev–Trinajstić information content (AvgIpc) is 3.10. The summed E-state index contributed by atoms with van der Waals surface area (Å²) in [6.07, 6.45) is -0.696. The molecule has 0 aliphatic heterocycles. The number of aryl methyl sites for hydroxylation is 1. The number of ether oxygens (including phenoxy) is 2. The predicted octanol–water partition coefficient (Wildman–Crippen LogP) is 5.02. The number of rotatable bonds is 8. The number of benzene rings is 3. The molecule has 0 fully saturated rings. The van der Waals surface area contributed by atoms with Gasteiger partial charge < -0.3 is 19.1 Å². The Hall–Kier alpha value is -3.02. The molecule has 0 saturated heterocycles. The van der Waals surface area contributed by atoms with Crippen LogP contribution in [0.4, 0.5) is 0 Å². The molecule has 154 valence electrons. The van der Waals surface area contributed by atoms with E-state index in [4.69, 9.17) is 21.1 Å². The van der Waals surface area contributed by atoms with Gasteiger partial charge in [-0.3, -0.25) is 0 Å². The number of aliphatic hydroxyl groups excluding tert-OH is 1. The molecule has 1 N–H and O–H groups in total. The van der Waals surface area contributed by atoms with Gasteiger partial charge in [0.2, 0.25) is 0 Å². The molecule has 5 nitrogen and oxygen atoms in total. The number of halogens is 1. The summed E-state index contributed by atoms with van der Waals surface area (Å²) in [4.78, 5) is 4.69. The molecule has 4 rings (SSSR count). The van der Waals surface area contributed by atoms with Crippen LogP contribution in [0.5, 0.6) is 11.5 Å². The van der Waals surface area contributed by atoms with Gasteiger partial charge in [0.1, 0.15) is 36.6 Å². The van der Waals surface area contributed by atoms with Crippen molar-refractivity contribution in [2.75, 3.05) is 6.61 Å². The Labute approximate surface area is 180 Å². The molecule has 0 aliphatic carbocycles. The van der Waals surface area contributed by atoms with Crippen LogP contribution in [-0.2, 0) is 13.2 Å². The second-order valence-electron chi connectivity index (χ2n) is 7.15. The van der Waals surface area contributed by atoms with Gasteiger partial charge in [-0.1, -0.05) is 41.4 Å². The average molecular weight is 423 g/mol. The number of fused-ring (bicyclic) bond motifs is 1. The third-order valence-electron chi connectivity index (χ3n) is 4.77. The molecule has 1 atom stereocenters. The number of nitrogens with zero attached hydrogens (tertiary/aromatic N) is 2. The van der Waals surface area contributed by atoms with Gasteiger partial charge in [-0.05, 0) is 55.5 Å². The number of aromatic nitrogens is 2. The van der Waals surface area contributed by atoms with Gasteiger partial charge in [0, 0.05) is 5.02 Å². The first-order valence-electron chi connectivity index (χ1n) is 9.78. The second-order valence-corrected chi connectivity index (χ2v) is 7.58. The molecule has 0 spiro atoms. The lowest BCUT2D eigenvalue weighted by Gasteiger charge is -2.16. The van der Waals surface area contributed by atoms with E-state index in [1.807, 2.05) is 72.2 Å². The maximum absolute atomic E-state index is 10.6. The van der Waals surface area contributed by atoms with Crippen LogP contribution in [0.15, 0.2) is 72.8 Å². The normalized spacial score (nSPS) is 12.1. The zero-order valence-electron chi connectivity index (χ0n) is 16.7. The molecule has 0 aliphatic rings. The number of aliphatic hydroxyl groups is 1. The van der Waals surface area contributed by atoms with E-state index in [0.29, 0.717) is 17.3 Å². The molecule has 3 aromatic carbocycles. The number of hydrogen-bond acceptors (Lipinski definition) is 4. The molecule has 1 heterocycles. The van der Waals surface area contributed by atoms with Gasteiger partial charge in [-0.15, -0.1) is 0 Å². The van der Waals surface area contributed by atoms with E-state index in [-0.39, 0.29) is 13.2 Å². The minimum atomic E-state index is -0.696. The number of imidazole rings is 1. The minimum absolute atomic E-state index is 0.188. The first kappa shape index (κ1) is 20.3. The zero-order valence-corrected chi connectivity index (χ0v) is 17.4. The van der Waals surface area contributed by atoms with E-state index in [2.05, 4.69) is 4.98 Å². The maximum Gasteiger partial charge on any atom is 0.148 e. The molecule has 1 unspecified atom stereocenters. The molecule has 30 heavy (non-hydrogen) atoms. The van der Waals surface area contributed by atoms with Crippen molar-refractivity contribution in [3.05, 3.63) is 89.2 Å². The van der Waals surface area contributed by atoms with Crippen LogP contribution >= 0.6 is 11.6 Å². The van der Waals surface area contributed by atoms with Crippen LogP contribution in [0.1, 0.15) is 11.4 Å². The summed E-state index contributed by atoms with van der Waals surface area (Å²) in [5.41, 5.74) is 2.97. The summed E-state index contributed by atoms with van der Waals surface area (Å²) in [5, 5.41) is 11.3. The van der Waals surface area contributed by atoms with Crippen molar-refractivity contribution in [1.29, 1.82) is 0 Å². The van der Waals surface area contributed by atoms with Gasteiger partial charge in [0.25, 0.3) is 0 Å². The summed E-state index contributed by atoms with van der Waals surface area (Å²) in [6, 6.07) is 22.8. The third kappa shape index (κ3) is 4.93. The SMILES string of the molecule is Cc1ccc(OCC(O)Cn2c(COc3ccc(Cl)cc3)nc3ccccc32)cc1. The Bertz CT molecular complexity index is 1110. The van der Waals surface area contributed by atoms with Crippen molar-refractivity contribution in [2.45, 2.75) is 26.2 Å². The van der Waals surface area contributed by atoms with Crippen molar-refractivity contribution >= 4 is 22.6 Å². The fourth-order valence-corrected chi connectivity index (χ4v) is 3.33. The van der Waals surface area contributed by atoms with Crippen molar-refractivity contribution in [2.24, 2.45) is 0 Å². The van der Waals surface area contributed by atoms with Gasteiger partial charge >= 0.3 is 0 Å². The van der Waals surface area contributed by atoms with Crippen molar-refractivity contribution in [3.63, 3.8) is 0 Å². The van der Waals surface area contributed by atoms with Crippen LogP contribution in [0.2, 0.25) is 5.02 Å². The highest BCUT2D eigenvalue weighted by Gasteiger charge is 2.15. The van der Waals surface area contributed by atoms with Gasteiger partial charge in [-0.25, -0.2) is 4.98 Å². The Morgan fingerprint density at radius 1 is 0.933 bits per heavy atom. The quantitative estimate of drug-likeness (QED) is 0.433. The molecule has 0 saturated carbocycles. The highest BCUT2D eigenvalue weighted by Crippen LogP contribution is 2.21. The fourth-order valence-electron chi connectivity index (χ4n) is 3.21. The lowest BCUT2D eigenvalue weighted by atomic mass is 10.2. The van der Waals surface area contributed by atoms with Crippen molar-refractivity contribution < 1.29 is 14.6 Å². The minimum Gasteiger partial charge on any atom is -0.491 e. The first-order valence-corrected chi connectivity index (χ1v) is 10.2. The highest BCUT2D eigenvalue weighted by atomic mass is 35.5. The highest BCUT2D eigenvalue weighted by molar-refractivity contribution is 6.30. The molecule has 0 bridgehead atoms.